The van der Waals surface area contributed by atoms with E-state index >= 15 is 0 Å². The van der Waals surface area contributed by atoms with Crippen LogP contribution in [0.25, 0.3) is 0 Å². The van der Waals surface area contributed by atoms with Crippen molar-refractivity contribution in [1.29, 1.82) is 0 Å². The fraction of sp³-hybridized carbons (Fsp3) is 0.250. The summed E-state index contributed by atoms with van der Waals surface area (Å²) in [4.78, 5) is 36.2. The Morgan fingerprint density at radius 2 is 2.07 bits per heavy atom. The number of halogens is 1. The molecule has 27 heavy (non-hydrogen) atoms. The first kappa shape index (κ1) is 18.6. The standard InChI is InChI=1S/C20H19FN2O4/c1-2-12-4-3-5-14(8-12)22-19(25)11-27-20(26)16-10-18(24)23-17-9-13(21)6-7-15(16)17/h3-9,16H,2,10-11H2,1H3,(H,22,25)(H,23,24). The largest absolute Gasteiger partial charge is 0.455 e. The van der Waals surface area contributed by atoms with Crippen molar-refractivity contribution in [3.8, 4) is 0 Å². The molecule has 7 heteroatoms. The zero-order chi connectivity index (χ0) is 19.4. The molecule has 2 aromatic carbocycles. The van der Waals surface area contributed by atoms with Gasteiger partial charge in [0.05, 0.1) is 5.92 Å². The quantitative estimate of drug-likeness (QED) is 0.793. The fourth-order valence-corrected chi connectivity index (χ4v) is 2.95. The first-order valence-corrected chi connectivity index (χ1v) is 8.61. The van der Waals surface area contributed by atoms with Crippen LogP contribution < -0.4 is 10.6 Å². The van der Waals surface area contributed by atoms with Crippen molar-refractivity contribution in [2.45, 2.75) is 25.7 Å². The van der Waals surface area contributed by atoms with E-state index in [0.29, 0.717) is 11.3 Å². The van der Waals surface area contributed by atoms with Gasteiger partial charge in [-0.2, -0.15) is 0 Å². The summed E-state index contributed by atoms with van der Waals surface area (Å²) in [6, 6.07) is 11.2. The van der Waals surface area contributed by atoms with Crippen LogP contribution in [0, 0.1) is 5.82 Å². The number of hydrogen-bond donors (Lipinski definition) is 2. The van der Waals surface area contributed by atoms with Crippen LogP contribution in [0.3, 0.4) is 0 Å². The lowest BCUT2D eigenvalue weighted by Crippen LogP contribution is -2.30. The monoisotopic (exact) mass is 370 g/mol. The minimum atomic E-state index is -0.870. The van der Waals surface area contributed by atoms with Gasteiger partial charge >= 0.3 is 5.97 Å². The molecule has 0 spiro atoms. The van der Waals surface area contributed by atoms with Crippen LogP contribution in [-0.2, 0) is 25.5 Å². The van der Waals surface area contributed by atoms with E-state index in [1.807, 2.05) is 25.1 Å². The van der Waals surface area contributed by atoms with Gasteiger partial charge < -0.3 is 15.4 Å². The Labute approximate surface area is 155 Å². The van der Waals surface area contributed by atoms with Crippen LogP contribution in [0.15, 0.2) is 42.5 Å². The molecule has 0 bridgehead atoms. The highest BCUT2D eigenvalue weighted by atomic mass is 19.1. The van der Waals surface area contributed by atoms with Crippen LogP contribution in [0.5, 0.6) is 0 Å². The summed E-state index contributed by atoms with van der Waals surface area (Å²) >= 11 is 0. The van der Waals surface area contributed by atoms with Crippen molar-refractivity contribution in [2.24, 2.45) is 0 Å². The van der Waals surface area contributed by atoms with Crippen LogP contribution in [-0.4, -0.2) is 24.4 Å². The molecule has 2 aromatic rings. The Kier molecular flexibility index (Phi) is 5.49. The highest BCUT2D eigenvalue weighted by Gasteiger charge is 2.32. The number of hydrogen-bond acceptors (Lipinski definition) is 4. The van der Waals surface area contributed by atoms with E-state index in [-0.39, 0.29) is 12.1 Å². The maximum atomic E-state index is 13.3. The lowest BCUT2D eigenvalue weighted by Gasteiger charge is -2.24. The predicted molar refractivity (Wildman–Crippen MR) is 97.8 cm³/mol. The maximum Gasteiger partial charge on any atom is 0.314 e. The molecule has 2 N–H and O–H groups in total. The van der Waals surface area contributed by atoms with E-state index in [0.717, 1.165) is 18.1 Å². The van der Waals surface area contributed by atoms with Crippen LogP contribution >= 0.6 is 0 Å². The van der Waals surface area contributed by atoms with Gasteiger partial charge in [-0.1, -0.05) is 25.1 Å². The van der Waals surface area contributed by atoms with E-state index in [1.165, 1.54) is 12.1 Å². The summed E-state index contributed by atoms with van der Waals surface area (Å²) in [5, 5.41) is 5.19. The Morgan fingerprint density at radius 3 is 2.85 bits per heavy atom. The predicted octanol–water partition coefficient (Wildman–Crippen LogP) is 3.00. The van der Waals surface area contributed by atoms with Gasteiger partial charge in [0.15, 0.2) is 6.61 Å². The fourth-order valence-electron chi connectivity index (χ4n) is 2.95. The summed E-state index contributed by atoms with van der Waals surface area (Å²) in [5.41, 5.74) is 2.40. The molecule has 2 amide bonds. The molecule has 0 fully saturated rings. The molecule has 1 atom stereocenters. The van der Waals surface area contributed by atoms with E-state index in [1.54, 1.807) is 6.07 Å². The summed E-state index contributed by atoms with van der Waals surface area (Å²) in [7, 11) is 0. The van der Waals surface area contributed by atoms with Crippen LogP contribution in [0.4, 0.5) is 15.8 Å². The average molecular weight is 370 g/mol. The lowest BCUT2D eigenvalue weighted by molar-refractivity contribution is -0.149. The van der Waals surface area contributed by atoms with E-state index in [9.17, 15) is 18.8 Å². The first-order valence-electron chi connectivity index (χ1n) is 8.61. The van der Waals surface area contributed by atoms with Crippen molar-refractivity contribution in [2.75, 3.05) is 17.2 Å². The molecule has 0 aliphatic carbocycles. The molecule has 1 heterocycles. The van der Waals surface area contributed by atoms with E-state index in [2.05, 4.69) is 10.6 Å². The third kappa shape index (κ3) is 4.49. The van der Waals surface area contributed by atoms with E-state index < -0.39 is 36.1 Å². The number of amides is 2. The molecule has 140 valence electrons. The average Bonchev–Trinajstić information content (AvgIpc) is 2.65. The highest BCUT2D eigenvalue weighted by Crippen LogP contribution is 2.33. The molecule has 3 rings (SSSR count). The Balaban J connectivity index is 1.62. The Bertz CT molecular complexity index is 897. The SMILES string of the molecule is CCc1cccc(NC(=O)COC(=O)C2CC(=O)Nc3cc(F)ccc32)c1. The molecule has 0 saturated heterocycles. The number of carbonyl (C=O) groups is 3. The zero-order valence-electron chi connectivity index (χ0n) is 14.8. The number of benzene rings is 2. The Morgan fingerprint density at radius 1 is 1.26 bits per heavy atom. The smallest absolute Gasteiger partial charge is 0.314 e. The molecule has 0 aromatic heterocycles. The number of anilines is 2. The van der Waals surface area contributed by atoms with Gasteiger partial charge in [-0.15, -0.1) is 0 Å². The van der Waals surface area contributed by atoms with Crippen molar-refractivity contribution >= 4 is 29.2 Å². The number of fused-ring (bicyclic) bond motifs is 1. The second-order valence-electron chi connectivity index (χ2n) is 6.25. The minimum absolute atomic E-state index is 0.113. The molecule has 1 unspecified atom stereocenters. The van der Waals surface area contributed by atoms with Crippen LogP contribution in [0.2, 0.25) is 0 Å². The van der Waals surface area contributed by atoms with Gasteiger partial charge in [-0.3, -0.25) is 14.4 Å². The highest BCUT2D eigenvalue weighted by molar-refractivity contribution is 6.00. The normalized spacial score (nSPS) is 15.5. The van der Waals surface area contributed by atoms with Gasteiger partial charge in [-0.05, 0) is 41.8 Å². The van der Waals surface area contributed by atoms with Gasteiger partial charge in [-0.25, -0.2) is 4.39 Å². The third-order valence-electron chi connectivity index (χ3n) is 4.30. The molecule has 6 nitrogen and oxygen atoms in total. The van der Waals surface area contributed by atoms with Gasteiger partial charge in [0.1, 0.15) is 5.82 Å². The molecule has 0 saturated carbocycles. The molecular weight excluding hydrogens is 351 g/mol. The first-order chi connectivity index (χ1) is 13.0. The number of carbonyl (C=O) groups excluding carboxylic acids is 3. The Hall–Kier alpha value is -3.22. The molecule has 1 aliphatic rings. The number of aryl methyl sites for hydroxylation is 1. The minimum Gasteiger partial charge on any atom is -0.455 e. The van der Waals surface area contributed by atoms with Crippen molar-refractivity contribution in [3.63, 3.8) is 0 Å². The van der Waals surface area contributed by atoms with Gasteiger partial charge in [0.25, 0.3) is 5.91 Å². The number of rotatable bonds is 5. The maximum absolute atomic E-state index is 13.3. The second-order valence-corrected chi connectivity index (χ2v) is 6.25. The van der Waals surface area contributed by atoms with Gasteiger partial charge in [0, 0.05) is 17.8 Å². The number of esters is 1. The number of ether oxygens (including phenoxy) is 1. The molecular formula is C20H19FN2O4. The molecule has 1 aliphatic heterocycles. The summed E-state index contributed by atoms with van der Waals surface area (Å²) in [6.07, 6.45) is 0.722. The summed E-state index contributed by atoms with van der Waals surface area (Å²) in [5.74, 6) is -2.97. The number of nitrogens with one attached hydrogen (secondary N) is 2. The van der Waals surface area contributed by atoms with Gasteiger partial charge in [0.2, 0.25) is 5.91 Å². The second kappa shape index (κ2) is 7.99. The summed E-state index contributed by atoms with van der Waals surface area (Å²) in [6.45, 7) is 1.54. The zero-order valence-corrected chi connectivity index (χ0v) is 14.8. The topological polar surface area (TPSA) is 84.5 Å². The van der Waals surface area contributed by atoms with Crippen molar-refractivity contribution in [3.05, 3.63) is 59.4 Å². The van der Waals surface area contributed by atoms with Crippen molar-refractivity contribution in [1.82, 2.24) is 0 Å². The lowest BCUT2D eigenvalue weighted by atomic mass is 9.90. The van der Waals surface area contributed by atoms with Crippen molar-refractivity contribution < 1.29 is 23.5 Å². The van der Waals surface area contributed by atoms with Crippen LogP contribution in [0.1, 0.15) is 30.4 Å². The molecule has 0 radical (unpaired) electrons. The summed E-state index contributed by atoms with van der Waals surface area (Å²) < 4.78 is 18.4. The van der Waals surface area contributed by atoms with E-state index in [4.69, 9.17) is 4.74 Å². The third-order valence-corrected chi connectivity index (χ3v) is 4.30.